The summed E-state index contributed by atoms with van der Waals surface area (Å²) in [4.78, 5) is 25.2. The van der Waals surface area contributed by atoms with E-state index in [1.54, 1.807) is 25.3 Å². The Hall–Kier alpha value is -2.39. The highest BCUT2D eigenvalue weighted by Gasteiger charge is 2.17. The molecule has 0 bridgehead atoms. The van der Waals surface area contributed by atoms with Crippen LogP contribution in [0.5, 0.6) is 0 Å². The average Bonchev–Trinajstić information content (AvgIpc) is 2.54. The van der Waals surface area contributed by atoms with E-state index in [1.807, 2.05) is 6.07 Å². The summed E-state index contributed by atoms with van der Waals surface area (Å²) in [6, 6.07) is 8.45. The van der Waals surface area contributed by atoms with Gasteiger partial charge in [-0.2, -0.15) is 5.26 Å². The number of hydrogen-bond donors (Lipinski definition) is 0. The molecule has 112 valence electrons. The van der Waals surface area contributed by atoms with Gasteiger partial charge in [0, 0.05) is 25.8 Å². The van der Waals surface area contributed by atoms with Crippen molar-refractivity contribution < 1.29 is 19.1 Å². The molecule has 0 fully saturated rings. The number of ether oxygens (including phenoxy) is 2. The summed E-state index contributed by atoms with van der Waals surface area (Å²) in [6.07, 6.45) is 0.115. The Balaban J connectivity index is 2.82. The molecule has 21 heavy (non-hydrogen) atoms. The molecule has 0 N–H and O–H groups in total. The molecular weight excluding hydrogens is 272 g/mol. The van der Waals surface area contributed by atoms with Gasteiger partial charge >= 0.3 is 5.97 Å². The Labute approximate surface area is 123 Å². The zero-order chi connectivity index (χ0) is 15.7. The van der Waals surface area contributed by atoms with E-state index in [4.69, 9.17) is 10.00 Å². The number of benzene rings is 1. The van der Waals surface area contributed by atoms with E-state index < -0.39 is 0 Å². The summed E-state index contributed by atoms with van der Waals surface area (Å²) in [6.45, 7) is 0.972. The number of carbonyl (C=O) groups excluding carboxylic acids is 2. The maximum absolute atomic E-state index is 12.4. The minimum atomic E-state index is -0.379. The summed E-state index contributed by atoms with van der Waals surface area (Å²) in [5, 5.41) is 8.88. The van der Waals surface area contributed by atoms with Crippen molar-refractivity contribution in [3.8, 4) is 6.07 Å². The van der Waals surface area contributed by atoms with Gasteiger partial charge < -0.3 is 14.4 Å². The van der Waals surface area contributed by atoms with Crippen molar-refractivity contribution in [3.05, 3.63) is 35.4 Å². The molecule has 0 unspecified atom stereocenters. The van der Waals surface area contributed by atoms with Gasteiger partial charge in [0.2, 0.25) is 0 Å². The van der Waals surface area contributed by atoms with Crippen LogP contribution in [0.2, 0.25) is 0 Å². The van der Waals surface area contributed by atoms with Gasteiger partial charge in [0.1, 0.15) is 0 Å². The van der Waals surface area contributed by atoms with Gasteiger partial charge in [0.25, 0.3) is 5.91 Å². The number of carbonyl (C=O) groups is 2. The minimum absolute atomic E-state index is 0.115. The highest BCUT2D eigenvalue weighted by atomic mass is 16.5. The molecule has 0 saturated carbocycles. The standard InChI is InChI=1S/C15H18N2O4/c1-20-9-8-17(7-6-14(18)21-2)15(19)13-5-3-4-12(10-13)11-16/h3-5,10H,6-9H2,1-2H3. The van der Waals surface area contributed by atoms with Crippen molar-refractivity contribution in [1.29, 1.82) is 5.26 Å². The largest absolute Gasteiger partial charge is 0.469 e. The second-order valence-corrected chi connectivity index (χ2v) is 4.30. The fraction of sp³-hybridized carbons (Fsp3) is 0.400. The maximum atomic E-state index is 12.4. The number of nitriles is 1. The molecule has 0 heterocycles. The molecule has 0 aromatic heterocycles. The molecule has 0 aliphatic carbocycles. The van der Waals surface area contributed by atoms with Crippen molar-refractivity contribution in [2.45, 2.75) is 6.42 Å². The maximum Gasteiger partial charge on any atom is 0.307 e. The Kier molecular flexibility index (Phi) is 6.92. The Morgan fingerprint density at radius 1 is 1.29 bits per heavy atom. The van der Waals surface area contributed by atoms with Crippen LogP contribution >= 0.6 is 0 Å². The van der Waals surface area contributed by atoms with Crippen LogP contribution in [-0.2, 0) is 14.3 Å². The Bertz CT molecular complexity index is 537. The molecule has 0 aliphatic rings. The topological polar surface area (TPSA) is 79.6 Å². The number of amides is 1. The van der Waals surface area contributed by atoms with E-state index in [2.05, 4.69) is 4.74 Å². The average molecular weight is 290 g/mol. The molecule has 0 radical (unpaired) electrons. The van der Waals surface area contributed by atoms with Crippen LogP contribution in [0.15, 0.2) is 24.3 Å². The summed E-state index contributed by atoms with van der Waals surface area (Å²) < 4.78 is 9.55. The van der Waals surface area contributed by atoms with E-state index in [9.17, 15) is 9.59 Å². The van der Waals surface area contributed by atoms with E-state index in [0.29, 0.717) is 24.3 Å². The third-order valence-electron chi connectivity index (χ3n) is 2.90. The van der Waals surface area contributed by atoms with Crippen LogP contribution in [0.25, 0.3) is 0 Å². The molecule has 1 rings (SSSR count). The van der Waals surface area contributed by atoms with Crippen LogP contribution in [0.4, 0.5) is 0 Å². The summed E-state index contributed by atoms with van der Waals surface area (Å²) in [7, 11) is 2.85. The van der Waals surface area contributed by atoms with Crippen LogP contribution in [0.3, 0.4) is 0 Å². The second kappa shape index (κ2) is 8.72. The molecule has 6 heteroatoms. The zero-order valence-electron chi connectivity index (χ0n) is 12.2. The lowest BCUT2D eigenvalue weighted by molar-refractivity contribution is -0.140. The van der Waals surface area contributed by atoms with Gasteiger partial charge in [-0.05, 0) is 18.2 Å². The number of rotatable bonds is 7. The quantitative estimate of drug-likeness (QED) is 0.705. The Morgan fingerprint density at radius 2 is 2.05 bits per heavy atom. The number of hydrogen-bond acceptors (Lipinski definition) is 5. The molecule has 0 atom stereocenters. The summed E-state index contributed by atoms with van der Waals surface area (Å²) in [5.41, 5.74) is 0.829. The lowest BCUT2D eigenvalue weighted by atomic mass is 10.1. The van der Waals surface area contributed by atoms with Gasteiger partial charge in [-0.15, -0.1) is 0 Å². The fourth-order valence-electron chi connectivity index (χ4n) is 1.75. The normalized spacial score (nSPS) is 9.76. The minimum Gasteiger partial charge on any atom is -0.469 e. The van der Waals surface area contributed by atoms with Crippen molar-refractivity contribution in [3.63, 3.8) is 0 Å². The van der Waals surface area contributed by atoms with Gasteiger partial charge in [-0.3, -0.25) is 9.59 Å². The first-order valence-electron chi connectivity index (χ1n) is 6.47. The van der Waals surface area contributed by atoms with Crippen molar-refractivity contribution in [1.82, 2.24) is 4.90 Å². The van der Waals surface area contributed by atoms with E-state index in [0.717, 1.165) is 0 Å². The highest BCUT2D eigenvalue weighted by molar-refractivity contribution is 5.94. The number of esters is 1. The van der Waals surface area contributed by atoms with Crippen molar-refractivity contribution >= 4 is 11.9 Å². The van der Waals surface area contributed by atoms with Crippen LogP contribution in [-0.4, -0.2) is 50.7 Å². The molecule has 0 saturated heterocycles. The first-order valence-corrected chi connectivity index (χ1v) is 6.47. The third kappa shape index (κ3) is 5.24. The lowest BCUT2D eigenvalue weighted by Gasteiger charge is -2.22. The lowest BCUT2D eigenvalue weighted by Crippen LogP contribution is -2.35. The Morgan fingerprint density at radius 3 is 2.67 bits per heavy atom. The van der Waals surface area contributed by atoms with Gasteiger partial charge in [-0.25, -0.2) is 0 Å². The number of nitrogens with zero attached hydrogens (tertiary/aromatic N) is 2. The smallest absolute Gasteiger partial charge is 0.307 e. The SMILES string of the molecule is COCCN(CCC(=O)OC)C(=O)c1cccc(C#N)c1. The molecule has 1 amide bonds. The molecule has 0 spiro atoms. The van der Waals surface area contributed by atoms with Gasteiger partial charge in [0.15, 0.2) is 0 Å². The molecule has 1 aromatic carbocycles. The summed E-state index contributed by atoms with van der Waals surface area (Å²) >= 11 is 0. The van der Waals surface area contributed by atoms with E-state index in [-0.39, 0.29) is 24.8 Å². The van der Waals surface area contributed by atoms with Crippen molar-refractivity contribution in [2.24, 2.45) is 0 Å². The second-order valence-electron chi connectivity index (χ2n) is 4.30. The molecule has 6 nitrogen and oxygen atoms in total. The monoisotopic (exact) mass is 290 g/mol. The van der Waals surface area contributed by atoms with Crippen LogP contribution < -0.4 is 0 Å². The van der Waals surface area contributed by atoms with Crippen molar-refractivity contribution in [2.75, 3.05) is 33.9 Å². The zero-order valence-corrected chi connectivity index (χ0v) is 12.2. The van der Waals surface area contributed by atoms with E-state index in [1.165, 1.54) is 18.1 Å². The number of methoxy groups -OCH3 is 2. The predicted octanol–water partition coefficient (Wildman–Crippen LogP) is 1.21. The first-order chi connectivity index (χ1) is 10.1. The molecular formula is C15H18N2O4. The highest BCUT2D eigenvalue weighted by Crippen LogP contribution is 2.09. The molecule has 1 aromatic rings. The van der Waals surface area contributed by atoms with Gasteiger partial charge in [-0.1, -0.05) is 6.07 Å². The fourth-order valence-corrected chi connectivity index (χ4v) is 1.75. The van der Waals surface area contributed by atoms with Crippen LogP contribution in [0.1, 0.15) is 22.3 Å². The molecule has 0 aliphatic heterocycles. The van der Waals surface area contributed by atoms with Gasteiger partial charge in [0.05, 0.1) is 31.8 Å². The summed E-state index contributed by atoms with van der Waals surface area (Å²) in [5.74, 6) is -0.621. The predicted molar refractivity (Wildman–Crippen MR) is 75.6 cm³/mol. The first kappa shape index (κ1) is 16.7. The van der Waals surface area contributed by atoms with Crippen LogP contribution in [0, 0.1) is 11.3 Å². The third-order valence-corrected chi connectivity index (χ3v) is 2.90. The van der Waals surface area contributed by atoms with E-state index >= 15 is 0 Å².